The predicted molar refractivity (Wildman–Crippen MR) is 80.1 cm³/mol. The lowest BCUT2D eigenvalue weighted by molar-refractivity contribution is 0.104. The van der Waals surface area contributed by atoms with E-state index in [4.69, 9.17) is 4.74 Å². The van der Waals surface area contributed by atoms with Crippen LogP contribution in [0.5, 0.6) is 11.5 Å². The Labute approximate surface area is 119 Å². The van der Waals surface area contributed by atoms with Crippen LogP contribution in [0.15, 0.2) is 55.3 Å². The number of carbonyl (C=O) groups excluding carboxylic acids is 1. The van der Waals surface area contributed by atoms with Gasteiger partial charge in [0.1, 0.15) is 18.1 Å². The quantitative estimate of drug-likeness (QED) is 0.471. The van der Waals surface area contributed by atoms with Crippen LogP contribution in [0.4, 0.5) is 0 Å². The Morgan fingerprint density at radius 1 is 1.45 bits per heavy atom. The molecule has 0 aliphatic rings. The van der Waals surface area contributed by atoms with E-state index in [0.29, 0.717) is 5.75 Å². The summed E-state index contributed by atoms with van der Waals surface area (Å²) in [5.41, 5.74) is 0.934. The van der Waals surface area contributed by atoms with Crippen LogP contribution in [0.25, 0.3) is 0 Å². The standard InChI is InChI=1S/C16H19NO3/c1-5-12(2)11-20-13-6-7-15(18)14(10-13)16(19)8-9-17(3)4/h5-10,18H,1-2,11H2,3-4H3/b9-8+. The molecule has 0 radical (unpaired) electrons. The highest BCUT2D eigenvalue weighted by Gasteiger charge is 2.10. The van der Waals surface area contributed by atoms with Crippen molar-refractivity contribution in [2.45, 2.75) is 0 Å². The van der Waals surface area contributed by atoms with Crippen LogP contribution in [0, 0.1) is 0 Å². The minimum absolute atomic E-state index is 0.0756. The monoisotopic (exact) mass is 273 g/mol. The lowest BCUT2D eigenvalue weighted by Crippen LogP contribution is -2.04. The molecule has 1 aromatic carbocycles. The largest absolute Gasteiger partial charge is 0.507 e. The van der Waals surface area contributed by atoms with Gasteiger partial charge in [-0.25, -0.2) is 0 Å². The van der Waals surface area contributed by atoms with E-state index in [2.05, 4.69) is 13.2 Å². The van der Waals surface area contributed by atoms with E-state index in [1.807, 2.05) is 14.1 Å². The molecule has 0 fully saturated rings. The van der Waals surface area contributed by atoms with Gasteiger partial charge in [-0.1, -0.05) is 19.2 Å². The molecular formula is C16H19NO3. The number of hydrogen-bond acceptors (Lipinski definition) is 4. The summed E-state index contributed by atoms with van der Waals surface area (Å²) in [5, 5.41) is 9.74. The minimum atomic E-state index is -0.288. The number of ether oxygens (including phenoxy) is 1. The van der Waals surface area contributed by atoms with Gasteiger partial charge in [-0.05, 0) is 23.8 Å². The maximum atomic E-state index is 12.0. The Kier molecular flexibility index (Phi) is 5.59. The van der Waals surface area contributed by atoms with E-state index in [0.717, 1.165) is 5.57 Å². The second-order valence-corrected chi connectivity index (χ2v) is 4.47. The van der Waals surface area contributed by atoms with Crippen LogP contribution in [-0.4, -0.2) is 36.5 Å². The maximum Gasteiger partial charge on any atom is 0.191 e. The zero-order valence-corrected chi connectivity index (χ0v) is 11.8. The first kappa shape index (κ1) is 15.6. The van der Waals surface area contributed by atoms with Crippen LogP contribution in [0.3, 0.4) is 0 Å². The van der Waals surface area contributed by atoms with E-state index in [1.165, 1.54) is 18.2 Å². The summed E-state index contributed by atoms with van der Waals surface area (Å²) in [6, 6.07) is 4.54. The second-order valence-electron chi connectivity index (χ2n) is 4.47. The van der Waals surface area contributed by atoms with Crippen molar-refractivity contribution in [3.05, 3.63) is 60.8 Å². The molecule has 0 heterocycles. The maximum absolute atomic E-state index is 12.0. The van der Waals surface area contributed by atoms with Crippen molar-refractivity contribution >= 4 is 5.78 Å². The molecule has 0 aliphatic carbocycles. The van der Waals surface area contributed by atoms with Gasteiger partial charge in [0, 0.05) is 26.4 Å². The van der Waals surface area contributed by atoms with Crippen LogP contribution in [-0.2, 0) is 0 Å². The molecule has 4 heteroatoms. The highest BCUT2D eigenvalue weighted by Crippen LogP contribution is 2.24. The van der Waals surface area contributed by atoms with E-state index in [9.17, 15) is 9.90 Å². The molecule has 0 spiro atoms. The van der Waals surface area contributed by atoms with Gasteiger partial charge in [-0.3, -0.25) is 4.79 Å². The van der Waals surface area contributed by atoms with Crippen molar-refractivity contribution in [3.8, 4) is 11.5 Å². The summed E-state index contributed by atoms with van der Waals surface area (Å²) in [4.78, 5) is 13.7. The van der Waals surface area contributed by atoms with Gasteiger partial charge in [-0.15, -0.1) is 0 Å². The summed E-state index contributed by atoms with van der Waals surface area (Å²) in [7, 11) is 3.62. The lowest BCUT2D eigenvalue weighted by Gasteiger charge is -2.09. The van der Waals surface area contributed by atoms with Crippen molar-refractivity contribution in [1.82, 2.24) is 4.90 Å². The Morgan fingerprint density at radius 2 is 2.15 bits per heavy atom. The highest BCUT2D eigenvalue weighted by atomic mass is 16.5. The topological polar surface area (TPSA) is 49.8 Å². The number of phenolic OH excluding ortho intramolecular Hbond substituents is 1. The summed E-state index contributed by atoms with van der Waals surface area (Å²) in [6.45, 7) is 7.61. The third-order valence-corrected chi connectivity index (χ3v) is 2.47. The van der Waals surface area contributed by atoms with E-state index < -0.39 is 0 Å². The van der Waals surface area contributed by atoms with Crippen molar-refractivity contribution in [1.29, 1.82) is 0 Å². The number of hydrogen-bond donors (Lipinski definition) is 1. The fraction of sp³-hybridized carbons (Fsp3) is 0.188. The first-order chi connectivity index (χ1) is 9.43. The number of phenols is 1. The van der Waals surface area contributed by atoms with Crippen molar-refractivity contribution in [2.75, 3.05) is 20.7 Å². The SMILES string of the molecule is C=CC(=C)COc1ccc(O)c(C(=O)/C=C/N(C)C)c1. The first-order valence-electron chi connectivity index (χ1n) is 6.09. The average Bonchev–Trinajstić information content (AvgIpc) is 2.43. The molecule has 0 aromatic heterocycles. The normalized spacial score (nSPS) is 10.3. The Hall–Kier alpha value is -2.49. The number of benzene rings is 1. The van der Waals surface area contributed by atoms with E-state index in [-0.39, 0.29) is 23.7 Å². The molecule has 0 atom stereocenters. The van der Waals surface area contributed by atoms with Gasteiger partial charge < -0.3 is 14.7 Å². The number of aromatic hydroxyl groups is 1. The zero-order chi connectivity index (χ0) is 15.1. The fourth-order valence-electron chi connectivity index (χ4n) is 1.34. The molecule has 0 saturated heterocycles. The third kappa shape index (κ3) is 4.65. The molecule has 20 heavy (non-hydrogen) atoms. The number of nitrogens with zero attached hydrogens (tertiary/aromatic N) is 1. The lowest BCUT2D eigenvalue weighted by atomic mass is 10.1. The van der Waals surface area contributed by atoms with Gasteiger partial charge in [-0.2, -0.15) is 0 Å². The van der Waals surface area contributed by atoms with Crippen LogP contribution in [0.1, 0.15) is 10.4 Å². The fourth-order valence-corrected chi connectivity index (χ4v) is 1.34. The molecule has 0 aliphatic heterocycles. The molecule has 0 amide bonds. The third-order valence-electron chi connectivity index (χ3n) is 2.47. The first-order valence-corrected chi connectivity index (χ1v) is 6.09. The van der Waals surface area contributed by atoms with Gasteiger partial charge in [0.15, 0.2) is 5.78 Å². The number of rotatable bonds is 7. The predicted octanol–water partition coefficient (Wildman–Crippen LogP) is 2.77. The minimum Gasteiger partial charge on any atom is -0.507 e. The second kappa shape index (κ2) is 7.19. The van der Waals surface area contributed by atoms with Crippen LogP contribution >= 0.6 is 0 Å². The Bertz CT molecular complexity index is 545. The van der Waals surface area contributed by atoms with E-state index in [1.54, 1.807) is 23.2 Å². The molecule has 4 nitrogen and oxygen atoms in total. The molecule has 0 saturated carbocycles. The smallest absolute Gasteiger partial charge is 0.191 e. The van der Waals surface area contributed by atoms with Gasteiger partial charge in [0.25, 0.3) is 0 Å². The van der Waals surface area contributed by atoms with Crippen LogP contribution in [0.2, 0.25) is 0 Å². The molecule has 106 valence electrons. The number of carbonyl (C=O) groups is 1. The van der Waals surface area contributed by atoms with Crippen molar-refractivity contribution < 1.29 is 14.6 Å². The molecule has 1 N–H and O–H groups in total. The summed E-state index contributed by atoms with van der Waals surface area (Å²) in [5.74, 6) is 0.130. The summed E-state index contributed by atoms with van der Waals surface area (Å²) in [6.07, 6.45) is 4.61. The summed E-state index contributed by atoms with van der Waals surface area (Å²) < 4.78 is 5.46. The zero-order valence-electron chi connectivity index (χ0n) is 11.8. The van der Waals surface area contributed by atoms with Crippen molar-refractivity contribution in [2.24, 2.45) is 0 Å². The summed E-state index contributed by atoms with van der Waals surface area (Å²) >= 11 is 0. The Balaban J connectivity index is 2.88. The van der Waals surface area contributed by atoms with Gasteiger partial charge in [0.2, 0.25) is 0 Å². The van der Waals surface area contributed by atoms with E-state index >= 15 is 0 Å². The van der Waals surface area contributed by atoms with Crippen LogP contribution < -0.4 is 4.74 Å². The van der Waals surface area contributed by atoms with Crippen molar-refractivity contribution in [3.63, 3.8) is 0 Å². The molecular weight excluding hydrogens is 254 g/mol. The average molecular weight is 273 g/mol. The molecule has 0 unspecified atom stereocenters. The van der Waals surface area contributed by atoms with Gasteiger partial charge in [0.05, 0.1) is 5.56 Å². The van der Waals surface area contributed by atoms with Gasteiger partial charge >= 0.3 is 0 Å². The molecule has 1 aromatic rings. The number of ketones is 1. The number of allylic oxidation sites excluding steroid dienone is 1. The Morgan fingerprint density at radius 3 is 2.75 bits per heavy atom. The molecule has 0 bridgehead atoms. The highest BCUT2D eigenvalue weighted by molar-refractivity contribution is 6.06. The molecule has 1 rings (SSSR count).